The predicted molar refractivity (Wildman–Crippen MR) is 75.5 cm³/mol. The second-order valence-electron chi connectivity index (χ2n) is 4.44. The van der Waals surface area contributed by atoms with Gasteiger partial charge in [-0.1, -0.05) is 30.3 Å². The lowest BCUT2D eigenvalue weighted by Gasteiger charge is -2.05. The standard InChI is InChI=1S/C15H15NO2S/c16-10-4-1-5-11-19(17,18)15-9-8-13-6-2-3-7-14(13)12-15/h2-3,6-9,12H,1,4-5,11H2. The van der Waals surface area contributed by atoms with Crippen LogP contribution in [0.3, 0.4) is 0 Å². The Balaban J connectivity index is 2.21. The van der Waals surface area contributed by atoms with Gasteiger partial charge in [0.15, 0.2) is 9.84 Å². The minimum absolute atomic E-state index is 0.104. The molecule has 0 aliphatic carbocycles. The molecule has 2 aromatic carbocycles. The van der Waals surface area contributed by atoms with Gasteiger partial charge in [-0.25, -0.2) is 8.42 Å². The fourth-order valence-electron chi connectivity index (χ4n) is 1.97. The maximum absolute atomic E-state index is 12.2. The van der Waals surface area contributed by atoms with Crippen LogP contribution in [-0.4, -0.2) is 14.2 Å². The Labute approximate surface area is 113 Å². The van der Waals surface area contributed by atoms with E-state index in [0.29, 0.717) is 24.2 Å². The van der Waals surface area contributed by atoms with Crippen LogP contribution >= 0.6 is 0 Å². The smallest absolute Gasteiger partial charge is 0.178 e. The fraction of sp³-hybridized carbons (Fsp3) is 0.267. The van der Waals surface area contributed by atoms with E-state index in [1.54, 1.807) is 12.1 Å². The van der Waals surface area contributed by atoms with E-state index >= 15 is 0 Å². The van der Waals surface area contributed by atoms with Gasteiger partial charge in [0, 0.05) is 6.42 Å². The maximum atomic E-state index is 12.2. The van der Waals surface area contributed by atoms with Gasteiger partial charge < -0.3 is 0 Å². The van der Waals surface area contributed by atoms with Gasteiger partial charge in [0.2, 0.25) is 0 Å². The third-order valence-corrected chi connectivity index (χ3v) is 4.83. The van der Waals surface area contributed by atoms with E-state index in [9.17, 15) is 8.42 Å². The predicted octanol–water partition coefficient (Wildman–Crippen LogP) is 3.31. The summed E-state index contributed by atoms with van der Waals surface area (Å²) in [6, 6.07) is 14.9. The molecule has 4 heteroatoms. The number of nitrogens with zero attached hydrogens (tertiary/aromatic N) is 1. The summed E-state index contributed by atoms with van der Waals surface area (Å²) in [5.74, 6) is 0.104. The molecule has 0 aromatic heterocycles. The molecule has 0 spiro atoms. The van der Waals surface area contributed by atoms with Crippen LogP contribution < -0.4 is 0 Å². The van der Waals surface area contributed by atoms with E-state index in [1.807, 2.05) is 36.4 Å². The van der Waals surface area contributed by atoms with Gasteiger partial charge >= 0.3 is 0 Å². The molecule has 0 heterocycles. The highest BCUT2D eigenvalue weighted by molar-refractivity contribution is 7.91. The van der Waals surface area contributed by atoms with Crippen molar-refractivity contribution in [2.24, 2.45) is 0 Å². The number of rotatable bonds is 5. The SMILES string of the molecule is N#CCCCCS(=O)(=O)c1ccc2ccccc2c1. The number of benzene rings is 2. The van der Waals surface area contributed by atoms with E-state index in [0.717, 1.165) is 10.8 Å². The number of sulfone groups is 1. The summed E-state index contributed by atoms with van der Waals surface area (Å²) in [5.41, 5.74) is 0. The molecular formula is C15H15NO2S. The van der Waals surface area contributed by atoms with E-state index < -0.39 is 9.84 Å². The molecule has 0 bridgehead atoms. The second-order valence-corrected chi connectivity index (χ2v) is 6.55. The van der Waals surface area contributed by atoms with E-state index in [1.165, 1.54) is 0 Å². The summed E-state index contributed by atoms with van der Waals surface area (Å²) >= 11 is 0. The average molecular weight is 273 g/mol. The topological polar surface area (TPSA) is 57.9 Å². The Morgan fingerprint density at radius 3 is 2.47 bits per heavy atom. The zero-order chi connectivity index (χ0) is 13.7. The third-order valence-electron chi connectivity index (χ3n) is 3.03. The minimum Gasteiger partial charge on any atom is -0.224 e. The van der Waals surface area contributed by atoms with Gasteiger partial charge in [-0.3, -0.25) is 0 Å². The first-order valence-corrected chi connectivity index (χ1v) is 7.87. The van der Waals surface area contributed by atoms with Gasteiger partial charge in [0.1, 0.15) is 0 Å². The van der Waals surface area contributed by atoms with Crippen LogP contribution in [0, 0.1) is 11.3 Å². The van der Waals surface area contributed by atoms with Gasteiger partial charge in [-0.15, -0.1) is 0 Å². The Kier molecular flexibility index (Phi) is 4.18. The maximum Gasteiger partial charge on any atom is 0.178 e. The summed E-state index contributed by atoms with van der Waals surface area (Å²) in [7, 11) is -3.24. The molecule has 2 rings (SSSR count). The number of hydrogen-bond donors (Lipinski definition) is 0. The summed E-state index contributed by atoms with van der Waals surface area (Å²) in [4.78, 5) is 0.364. The van der Waals surface area contributed by atoms with Gasteiger partial charge in [0.05, 0.1) is 16.7 Å². The molecule has 98 valence electrons. The molecule has 0 amide bonds. The zero-order valence-corrected chi connectivity index (χ0v) is 11.4. The Morgan fingerprint density at radius 2 is 1.74 bits per heavy atom. The van der Waals surface area contributed by atoms with Crippen LogP contribution in [0.25, 0.3) is 10.8 Å². The monoisotopic (exact) mass is 273 g/mol. The third kappa shape index (κ3) is 3.33. The van der Waals surface area contributed by atoms with Crippen LogP contribution in [-0.2, 0) is 9.84 Å². The van der Waals surface area contributed by atoms with Crippen LogP contribution in [0.15, 0.2) is 47.4 Å². The van der Waals surface area contributed by atoms with Crippen molar-refractivity contribution < 1.29 is 8.42 Å². The van der Waals surface area contributed by atoms with E-state index in [4.69, 9.17) is 5.26 Å². The van der Waals surface area contributed by atoms with Crippen molar-refractivity contribution in [3.63, 3.8) is 0 Å². The zero-order valence-electron chi connectivity index (χ0n) is 10.5. The quantitative estimate of drug-likeness (QED) is 0.785. The molecule has 0 N–H and O–H groups in total. The highest BCUT2D eigenvalue weighted by Crippen LogP contribution is 2.20. The van der Waals surface area contributed by atoms with Gasteiger partial charge in [-0.05, 0) is 35.7 Å². The number of hydrogen-bond acceptors (Lipinski definition) is 3. The van der Waals surface area contributed by atoms with Gasteiger partial charge in [-0.2, -0.15) is 5.26 Å². The van der Waals surface area contributed by atoms with Crippen LogP contribution in [0.2, 0.25) is 0 Å². The molecule has 0 unspecified atom stereocenters. The summed E-state index contributed by atoms with van der Waals surface area (Å²) in [6.07, 6.45) is 1.57. The number of fused-ring (bicyclic) bond motifs is 1. The van der Waals surface area contributed by atoms with Gasteiger partial charge in [0.25, 0.3) is 0 Å². The van der Waals surface area contributed by atoms with Crippen molar-refractivity contribution in [3.8, 4) is 6.07 Å². The highest BCUT2D eigenvalue weighted by Gasteiger charge is 2.14. The van der Waals surface area contributed by atoms with Crippen LogP contribution in [0.4, 0.5) is 0 Å². The Hall–Kier alpha value is -1.86. The van der Waals surface area contributed by atoms with Crippen molar-refractivity contribution in [2.45, 2.75) is 24.2 Å². The Bertz CT molecular complexity index is 714. The van der Waals surface area contributed by atoms with E-state index in [-0.39, 0.29) is 5.75 Å². The molecule has 0 aliphatic rings. The molecule has 0 atom stereocenters. The summed E-state index contributed by atoms with van der Waals surface area (Å²) in [6.45, 7) is 0. The largest absolute Gasteiger partial charge is 0.224 e. The highest BCUT2D eigenvalue weighted by atomic mass is 32.2. The van der Waals surface area contributed by atoms with Crippen LogP contribution in [0.5, 0.6) is 0 Å². The molecule has 0 radical (unpaired) electrons. The lowest BCUT2D eigenvalue weighted by Crippen LogP contribution is -2.06. The van der Waals surface area contributed by atoms with Crippen LogP contribution in [0.1, 0.15) is 19.3 Å². The first kappa shape index (κ1) is 13.6. The van der Waals surface area contributed by atoms with Crippen molar-refractivity contribution in [2.75, 3.05) is 5.75 Å². The number of unbranched alkanes of at least 4 members (excludes halogenated alkanes) is 2. The lowest BCUT2D eigenvalue weighted by molar-refractivity contribution is 0.592. The molecule has 0 aliphatic heterocycles. The second kappa shape index (κ2) is 5.85. The summed E-state index contributed by atoms with van der Waals surface area (Å²) in [5, 5.41) is 10.4. The molecule has 2 aromatic rings. The molecule has 0 saturated heterocycles. The average Bonchev–Trinajstić information content (AvgIpc) is 2.43. The normalized spacial score (nSPS) is 11.3. The Morgan fingerprint density at radius 1 is 1.00 bits per heavy atom. The lowest BCUT2D eigenvalue weighted by atomic mass is 10.1. The van der Waals surface area contributed by atoms with Crippen molar-refractivity contribution in [1.29, 1.82) is 5.26 Å². The minimum atomic E-state index is -3.24. The molecule has 0 fully saturated rings. The molecule has 0 saturated carbocycles. The molecule has 19 heavy (non-hydrogen) atoms. The van der Waals surface area contributed by atoms with Crippen molar-refractivity contribution in [1.82, 2.24) is 0 Å². The number of nitriles is 1. The summed E-state index contributed by atoms with van der Waals surface area (Å²) < 4.78 is 24.3. The fourth-order valence-corrected chi connectivity index (χ4v) is 3.38. The van der Waals surface area contributed by atoms with E-state index in [2.05, 4.69) is 0 Å². The molecule has 3 nitrogen and oxygen atoms in total. The van der Waals surface area contributed by atoms with Crippen molar-refractivity contribution >= 4 is 20.6 Å². The van der Waals surface area contributed by atoms with Crippen molar-refractivity contribution in [3.05, 3.63) is 42.5 Å². The first-order valence-electron chi connectivity index (χ1n) is 6.22. The molecular weight excluding hydrogens is 258 g/mol. The first-order chi connectivity index (χ1) is 9.13.